The van der Waals surface area contributed by atoms with E-state index in [1.807, 2.05) is 5.32 Å². The Balaban J connectivity index is 0.000000204. The van der Waals surface area contributed by atoms with Gasteiger partial charge in [0.1, 0.15) is 24.7 Å². The zero-order valence-electron chi connectivity index (χ0n) is 70.9. The van der Waals surface area contributed by atoms with Gasteiger partial charge >= 0.3 is 36.8 Å². The third-order valence-electron chi connectivity index (χ3n) is 14.5. The number of benzene rings is 3. The minimum absolute atomic E-state index is 0. The molecular formula is C67H63Cl5LiN25O14. The van der Waals surface area contributed by atoms with Crippen LogP contribution in [0.15, 0.2) is 104 Å². The number of aryl methyl sites for hydroxylation is 3. The molecule has 3 aromatic carbocycles. The number of esters is 3. The smallest absolute Gasteiger partial charge is 0.543 e. The molecule has 2 fully saturated rings. The number of aromatic carboxylic acids is 1. The SMILES string of the molecule is COC(=O)c1nnc(Cl)cc1Cl.O=C([O-])c1nnc(Cl)cc1Cl.[2H]C([2H])([2H])NC(=O)c1nnc(NC(=O)C2CC2)cc1Nc1cccc(-c2ncn(C([2H])([2H])[2H])n2)c1OC.[2H]C([2H])([2H])n1cnc(-c2cccc(Nc3cc(Cl)nnc3C(=O)OC)c2OC)n1.[2H]C([2H])([2H])n1cnc(-c2cccc(Nc3cc(NC(=O)C4CC4)nnc3C(=O)OC)c2OC)n1.[Li+]. The Morgan fingerprint density at radius 1 is 0.438 bits per heavy atom. The first-order chi connectivity index (χ1) is 58.1. The van der Waals surface area contributed by atoms with Crippen LogP contribution in [0.2, 0.25) is 25.5 Å². The maximum Gasteiger partial charge on any atom is 1.00 e. The Kier molecular flexibility index (Phi) is 24.5. The fourth-order valence-electron chi connectivity index (χ4n) is 9.19. The number of hydrogen-bond acceptors (Lipinski definition) is 33. The predicted octanol–water partition coefficient (Wildman–Crippen LogP) is 5.08. The minimum atomic E-state index is -2.78. The van der Waals surface area contributed by atoms with Gasteiger partial charge in [-0.3, -0.25) is 28.4 Å². The fraction of sp³-hybridized carbons (Fsp3) is 0.239. The van der Waals surface area contributed by atoms with Gasteiger partial charge in [0.2, 0.25) is 11.8 Å². The van der Waals surface area contributed by atoms with Crippen LogP contribution in [0.25, 0.3) is 34.2 Å². The van der Waals surface area contributed by atoms with E-state index in [1.54, 1.807) is 54.6 Å². The summed E-state index contributed by atoms with van der Waals surface area (Å²) in [7, 11) is 7.90. The molecule has 2 aliphatic carbocycles. The third kappa shape index (κ3) is 22.4. The quantitative estimate of drug-likeness (QED) is 0.0310. The molecule has 6 N–H and O–H groups in total. The first-order valence-corrected chi connectivity index (χ1v) is 33.1. The number of carboxylic acid groups (broad SMARTS) is 1. The van der Waals surface area contributed by atoms with Gasteiger partial charge < -0.3 is 70.2 Å². The minimum Gasteiger partial charge on any atom is -0.543 e. The molecule has 0 radical (unpaired) electrons. The van der Waals surface area contributed by atoms with E-state index in [2.05, 4.69) is 113 Å². The Hall–Kier alpha value is -12.4. The number of rotatable bonds is 21. The van der Waals surface area contributed by atoms with Gasteiger partial charge in [-0.05, 0) is 74.2 Å². The normalized spacial score (nSPS) is 13.6. The van der Waals surface area contributed by atoms with Crippen molar-refractivity contribution in [3.8, 4) is 51.4 Å². The number of halogens is 5. The third-order valence-corrected chi connectivity index (χ3v) is 15.6. The summed E-state index contributed by atoms with van der Waals surface area (Å²) in [6.45, 7) is -10.2. The van der Waals surface area contributed by atoms with Crippen molar-refractivity contribution in [1.29, 1.82) is 0 Å². The van der Waals surface area contributed by atoms with Crippen molar-refractivity contribution < 1.29 is 102 Å². The van der Waals surface area contributed by atoms with Crippen LogP contribution < -0.4 is 70.1 Å². The maximum absolute atomic E-state index is 12.7. The summed E-state index contributed by atoms with van der Waals surface area (Å²) in [5.41, 5.74) is 1.83. The van der Waals surface area contributed by atoms with Crippen LogP contribution >= 0.6 is 58.0 Å². The molecule has 2 saturated carbocycles. The van der Waals surface area contributed by atoms with Crippen LogP contribution in [0, 0.1) is 11.8 Å². The number of carbonyl (C=O) groups is 7. The van der Waals surface area contributed by atoms with Gasteiger partial charge in [0.05, 0.1) is 109 Å². The van der Waals surface area contributed by atoms with Crippen molar-refractivity contribution >= 4 is 145 Å². The molecular weight excluding hydrogens is 1560 g/mol. The van der Waals surface area contributed by atoms with E-state index in [4.69, 9.17) is 98.1 Å². The number of aromatic nitrogens is 19. The Labute approximate surface area is 689 Å². The number of anilines is 8. The molecule has 8 heterocycles. The number of hydrogen-bond donors (Lipinski definition) is 6. The summed E-state index contributed by atoms with van der Waals surface area (Å²) in [6.07, 6.45) is 6.46. The second kappa shape index (κ2) is 39.8. The van der Waals surface area contributed by atoms with Gasteiger partial charge in [0.15, 0.2) is 84.6 Å². The van der Waals surface area contributed by atoms with Crippen molar-refractivity contribution in [2.24, 2.45) is 32.8 Å². The Morgan fingerprint density at radius 2 is 0.777 bits per heavy atom. The van der Waals surface area contributed by atoms with Crippen LogP contribution in [0.4, 0.5) is 45.8 Å². The van der Waals surface area contributed by atoms with Crippen LogP contribution in [-0.4, -0.2) is 187 Å². The monoisotopic (exact) mass is 1640 g/mol. The molecule has 11 aromatic rings. The van der Waals surface area contributed by atoms with Gasteiger partial charge in [-0.15, -0.1) is 51.0 Å². The first-order valence-electron chi connectivity index (χ1n) is 37.2. The van der Waals surface area contributed by atoms with E-state index < -0.39 is 63.4 Å². The van der Waals surface area contributed by atoms with Gasteiger partial charge in [-0.2, -0.15) is 15.3 Å². The Bertz CT molecular complexity index is 5760. The molecule has 0 spiro atoms. The van der Waals surface area contributed by atoms with Crippen molar-refractivity contribution in [3.63, 3.8) is 0 Å². The van der Waals surface area contributed by atoms with Crippen LogP contribution in [0.1, 0.15) is 94.6 Å². The second-order valence-electron chi connectivity index (χ2n) is 22.0. The molecule has 0 aliphatic heterocycles. The van der Waals surface area contributed by atoms with Crippen molar-refractivity contribution in [1.82, 2.24) is 101 Å². The van der Waals surface area contributed by atoms with Crippen LogP contribution in [-0.2, 0) is 44.7 Å². The fourth-order valence-corrected chi connectivity index (χ4v) is 10.2. The topological polar surface area (TPSA) is 491 Å². The van der Waals surface area contributed by atoms with Crippen molar-refractivity contribution in [3.05, 3.63) is 158 Å². The zero-order valence-corrected chi connectivity index (χ0v) is 62.7. The molecule has 3 amide bonds. The molecule has 576 valence electrons. The van der Waals surface area contributed by atoms with E-state index >= 15 is 0 Å². The summed E-state index contributed by atoms with van der Waals surface area (Å²) in [5.74, 6) is -3.74. The largest absolute Gasteiger partial charge is 1.00 e. The number of carboxylic acids is 1. The van der Waals surface area contributed by atoms with Gasteiger partial charge in [-0.25, -0.2) is 29.3 Å². The number of nitrogens with one attached hydrogen (secondary N) is 6. The molecule has 0 unspecified atom stereocenters. The number of nitrogens with zero attached hydrogens (tertiary/aromatic N) is 19. The summed E-state index contributed by atoms with van der Waals surface area (Å²) in [6, 6.07) is 21.6. The molecule has 112 heavy (non-hydrogen) atoms. The molecule has 45 heteroatoms. The van der Waals surface area contributed by atoms with E-state index in [0.29, 0.717) is 45.3 Å². The number of ether oxygens (including phenoxy) is 6. The Morgan fingerprint density at radius 3 is 1.12 bits per heavy atom. The summed E-state index contributed by atoms with van der Waals surface area (Å²) in [4.78, 5) is 94.5. The number of para-hydroxylation sites is 3. The number of methoxy groups -OCH3 is 6. The van der Waals surface area contributed by atoms with Gasteiger partial charge in [0, 0.05) is 74.4 Å². The van der Waals surface area contributed by atoms with Crippen LogP contribution in [0.5, 0.6) is 17.2 Å². The van der Waals surface area contributed by atoms with Crippen molar-refractivity contribution in [2.45, 2.75) is 25.7 Å². The van der Waals surface area contributed by atoms with Crippen molar-refractivity contribution in [2.75, 3.05) is 76.2 Å². The van der Waals surface area contributed by atoms with E-state index in [0.717, 1.165) is 58.7 Å². The number of carbonyl (C=O) groups excluding carboxylic acids is 7. The average molecular weight is 1640 g/mol. The predicted molar refractivity (Wildman–Crippen MR) is 398 cm³/mol. The first kappa shape index (κ1) is 68.9. The van der Waals surface area contributed by atoms with E-state index in [1.165, 1.54) is 73.0 Å². The molecule has 0 bridgehead atoms. The zero-order chi connectivity index (χ0) is 90.2. The van der Waals surface area contributed by atoms with E-state index in [-0.39, 0.29) is 143 Å². The summed E-state index contributed by atoms with van der Waals surface area (Å²) >= 11 is 27.7. The van der Waals surface area contributed by atoms with Gasteiger partial charge in [-0.1, -0.05) is 76.2 Å². The summed E-state index contributed by atoms with van der Waals surface area (Å²) in [5, 5.41) is 75.0. The second-order valence-corrected chi connectivity index (χ2v) is 23.9. The van der Waals surface area contributed by atoms with E-state index in [9.17, 15) is 38.7 Å². The van der Waals surface area contributed by atoms with Gasteiger partial charge in [0.25, 0.3) is 5.91 Å². The molecule has 8 aromatic heterocycles. The molecule has 39 nitrogen and oxygen atoms in total. The standard InChI is InChI=1S/C20H22N8O3.C20H21N7O4.C16H15ClN6O3.C6H4Cl2N2O2.C5H2Cl2N2O2.Li/c1-21-20(30)16-14(9-15(25-26-16)24-19(29)11-7-8-11)23-13-6-4-5-12(17(13)31-3)18-22-10-28(2)27-18;1-27-10-21-18(26-27)12-5-4-6-13(17(12)30-2)22-14-9-15(23-19(28)11-7-8-11)24-25-16(14)20(29)31-3;1-23-8-18-15(22-23)9-5-4-6-10(14(9)25-2)19-11-7-12(17)20-21-13(11)16(24)26-3;1-12-6(11)5-3(7)2-4(8)9-10-5;6-2-1-3(7)8-9-4(2)5(10)11;/h4-6,9-11H,7-8H2,1-3H3,(H,21,30)(H2,23,24,25,29);4-6,9-11H,7-8H2,1-3H3,(H2,22,23,24,28);4-8H,1-3H3,(H,19,20);2H,1H3;1H,(H,10,11);/q;;;;;+1/p-1/i1D3,2D3;2*1D3;;;. The average Bonchev–Trinajstić information content (AvgIpc) is 1.56. The molecule has 13 rings (SSSR count). The molecule has 0 atom stereocenters. The maximum atomic E-state index is 12.7. The molecule has 0 saturated heterocycles. The summed E-state index contributed by atoms with van der Waals surface area (Å²) < 4.78 is 122. The molecule has 2 aliphatic rings. The van der Waals surface area contributed by atoms with Crippen LogP contribution in [0.3, 0.4) is 0 Å². The number of amides is 3.